The number of nitriles is 1. The zero-order valence-electron chi connectivity index (χ0n) is 17.0. The molecule has 0 saturated carbocycles. The van der Waals surface area contributed by atoms with Crippen molar-refractivity contribution in [2.75, 3.05) is 23.7 Å². The quantitative estimate of drug-likeness (QED) is 0.734. The van der Waals surface area contributed by atoms with Crippen molar-refractivity contribution in [3.05, 3.63) is 35.4 Å². The SMILES string of the molecule is Cc1nc(N2CCCCC2)ncc1-c1cc(-c2cn(C)nc2C)c(C#N)c(N)n1. The Balaban J connectivity index is 1.79. The second-order valence-electron chi connectivity index (χ2n) is 7.45. The van der Waals surface area contributed by atoms with Crippen LogP contribution in [0.1, 0.15) is 36.2 Å². The predicted octanol–water partition coefficient (Wildman–Crippen LogP) is 3.00. The third kappa shape index (κ3) is 3.51. The van der Waals surface area contributed by atoms with Gasteiger partial charge < -0.3 is 10.6 Å². The summed E-state index contributed by atoms with van der Waals surface area (Å²) in [4.78, 5) is 16.0. The molecule has 1 aliphatic heterocycles. The van der Waals surface area contributed by atoms with E-state index in [0.29, 0.717) is 11.3 Å². The summed E-state index contributed by atoms with van der Waals surface area (Å²) in [5, 5.41) is 14.0. The third-order valence-corrected chi connectivity index (χ3v) is 5.34. The molecular formula is C21H24N8. The van der Waals surface area contributed by atoms with E-state index >= 15 is 0 Å². The zero-order chi connectivity index (χ0) is 20.5. The van der Waals surface area contributed by atoms with E-state index in [2.05, 4.69) is 26.0 Å². The Morgan fingerprint density at radius 3 is 2.41 bits per heavy atom. The third-order valence-electron chi connectivity index (χ3n) is 5.34. The van der Waals surface area contributed by atoms with E-state index < -0.39 is 0 Å². The van der Waals surface area contributed by atoms with Gasteiger partial charge in [-0.05, 0) is 39.2 Å². The molecule has 3 aromatic rings. The van der Waals surface area contributed by atoms with Gasteiger partial charge in [0.2, 0.25) is 5.95 Å². The highest BCUT2D eigenvalue weighted by atomic mass is 15.3. The van der Waals surface area contributed by atoms with Gasteiger partial charge in [0, 0.05) is 49.2 Å². The molecule has 0 radical (unpaired) electrons. The van der Waals surface area contributed by atoms with Crippen molar-refractivity contribution in [2.24, 2.45) is 7.05 Å². The van der Waals surface area contributed by atoms with Gasteiger partial charge in [-0.1, -0.05) is 0 Å². The zero-order valence-corrected chi connectivity index (χ0v) is 17.0. The first-order chi connectivity index (χ1) is 14.0. The molecule has 1 aliphatic rings. The first kappa shape index (κ1) is 18.9. The lowest BCUT2D eigenvalue weighted by molar-refractivity contribution is 0.568. The molecule has 4 rings (SSSR count). The van der Waals surface area contributed by atoms with Gasteiger partial charge in [-0.2, -0.15) is 10.4 Å². The molecule has 8 nitrogen and oxygen atoms in total. The second kappa shape index (κ2) is 7.51. The van der Waals surface area contributed by atoms with Crippen molar-refractivity contribution in [3.8, 4) is 28.5 Å². The normalized spacial score (nSPS) is 14.1. The van der Waals surface area contributed by atoms with Crippen LogP contribution in [0.3, 0.4) is 0 Å². The Morgan fingerprint density at radius 2 is 1.79 bits per heavy atom. The van der Waals surface area contributed by atoms with Gasteiger partial charge in [0.15, 0.2) is 0 Å². The fourth-order valence-corrected chi connectivity index (χ4v) is 3.85. The van der Waals surface area contributed by atoms with Crippen molar-refractivity contribution in [1.82, 2.24) is 24.7 Å². The number of hydrogen-bond donors (Lipinski definition) is 1. The average Bonchev–Trinajstić information content (AvgIpc) is 3.05. The van der Waals surface area contributed by atoms with Gasteiger partial charge >= 0.3 is 0 Å². The Labute approximate surface area is 170 Å². The first-order valence-electron chi connectivity index (χ1n) is 9.78. The lowest BCUT2D eigenvalue weighted by Crippen LogP contribution is -2.31. The van der Waals surface area contributed by atoms with Gasteiger partial charge in [0.05, 0.1) is 17.1 Å². The minimum atomic E-state index is 0.197. The number of nitrogen functional groups attached to an aromatic ring is 1. The van der Waals surface area contributed by atoms with E-state index in [9.17, 15) is 5.26 Å². The van der Waals surface area contributed by atoms with Crippen molar-refractivity contribution in [3.63, 3.8) is 0 Å². The molecule has 4 heterocycles. The van der Waals surface area contributed by atoms with E-state index in [1.807, 2.05) is 33.2 Å². The second-order valence-corrected chi connectivity index (χ2v) is 7.45. The standard InChI is InChI=1S/C21H24N8/c1-13-17(11-24-21(25-13)29-7-5-4-6-8-29)19-9-15(16(10-22)20(23)26-19)18-12-28(3)27-14(18)2/h9,11-12H,4-8H2,1-3H3,(H2,23,26). The summed E-state index contributed by atoms with van der Waals surface area (Å²) >= 11 is 0. The Kier molecular flexibility index (Phi) is 4.89. The maximum Gasteiger partial charge on any atom is 0.225 e. The molecule has 0 aromatic carbocycles. The highest BCUT2D eigenvalue weighted by Crippen LogP contribution is 2.33. The summed E-state index contributed by atoms with van der Waals surface area (Å²) in [6.45, 7) is 5.85. The van der Waals surface area contributed by atoms with Gasteiger partial charge in [-0.25, -0.2) is 15.0 Å². The molecular weight excluding hydrogens is 364 g/mol. The van der Waals surface area contributed by atoms with Crippen LogP contribution >= 0.6 is 0 Å². The fraction of sp³-hybridized carbons (Fsp3) is 0.381. The lowest BCUT2D eigenvalue weighted by Gasteiger charge is -2.27. The molecule has 0 amide bonds. The smallest absolute Gasteiger partial charge is 0.225 e. The van der Waals surface area contributed by atoms with Crippen LogP contribution in [-0.4, -0.2) is 37.8 Å². The number of pyridine rings is 1. The van der Waals surface area contributed by atoms with Crippen molar-refractivity contribution in [1.29, 1.82) is 5.26 Å². The molecule has 0 bridgehead atoms. The predicted molar refractivity (Wildman–Crippen MR) is 112 cm³/mol. The topological polar surface area (TPSA) is 110 Å². The minimum absolute atomic E-state index is 0.197. The first-order valence-corrected chi connectivity index (χ1v) is 9.78. The summed E-state index contributed by atoms with van der Waals surface area (Å²) in [5.74, 6) is 0.957. The molecule has 1 saturated heterocycles. The van der Waals surface area contributed by atoms with Crippen molar-refractivity contribution < 1.29 is 0 Å². The molecule has 148 valence electrons. The van der Waals surface area contributed by atoms with Crippen LogP contribution in [0, 0.1) is 25.2 Å². The van der Waals surface area contributed by atoms with Crippen molar-refractivity contribution in [2.45, 2.75) is 33.1 Å². The molecule has 0 aliphatic carbocycles. The maximum absolute atomic E-state index is 9.63. The van der Waals surface area contributed by atoms with E-state index in [0.717, 1.165) is 47.1 Å². The van der Waals surface area contributed by atoms with Crippen LogP contribution in [0.25, 0.3) is 22.4 Å². The number of rotatable bonds is 3. The summed E-state index contributed by atoms with van der Waals surface area (Å²) in [7, 11) is 1.85. The largest absolute Gasteiger partial charge is 0.383 e. The van der Waals surface area contributed by atoms with Crippen LogP contribution in [0.2, 0.25) is 0 Å². The number of hydrogen-bond acceptors (Lipinski definition) is 7. The van der Waals surface area contributed by atoms with Gasteiger partial charge in [-0.15, -0.1) is 0 Å². The van der Waals surface area contributed by atoms with Crippen LogP contribution < -0.4 is 10.6 Å². The number of aryl methyl sites for hydroxylation is 3. The number of piperidine rings is 1. The summed E-state index contributed by atoms with van der Waals surface area (Å²) in [6, 6.07) is 4.06. The monoisotopic (exact) mass is 388 g/mol. The fourth-order valence-electron chi connectivity index (χ4n) is 3.85. The molecule has 0 atom stereocenters. The van der Waals surface area contributed by atoms with Gasteiger partial charge in [0.1, 0.15) is 17.5 Å². The van der Waals surface area contributed by atoms with E-state index in [1.54, 1.807) is 10.9 Å². The Morgan fingerprint density at radius 1 is 1.03 bits per heavy atom. The molecule has 1 fully saturated rings. The molecule has 0 spiro atoms. The van der Waals surface area contributed by atoms with Crippen LogP contribution in [0.4, 0.5) is 11.8 Å². The Bertz CT molecular complexity index is 1100. The molecule has 8 heteroatoms. The molecule has 2 N–H and O–H groups in total. The van der Waals surface area contributed by atoms with E-state index in [1.165, 1.54) is 19.3 Å². The Hall–Kier alpha value is -3.47. The highest BCUT2D eigenvalue weighted by Gasteiger charge is 2.19. The van der Waals surface area contributed by atoms with Gasteiger partial charge in [0.25, 0.3) is 0 Å². The average molecular weight is 388 g/mol. The number of nitrogens with zero attached hydrogens (tertiary/aromatic N) is 7. The van der Waals surface area contributed by atoms with Crippen molar-refractivity contribution >= 4 is 11.8 Å². The van der Waals surface area contributed by atoms with Crippen LogP contribution in [0.5, 0.6) is 0 Å². The highest BCUT2D eigenvalue weighted by molar-refractivity contribution is 5.81. The maximum atomic E-state index is 9.63. The summed E-state index contributed by atoms with van der Waals surface area (Å²) < 4.78 is 1.73. The van der Waals surface area contributed by atoms with Crippen LogP contribution in [0.15, 0.2) is 18.5 Å². The molecule has 0 unspecified atom stereocenters. The van der Waals surface area contributed by atoms with Gasteiger partial charge in [-0.3, -0.25) is 4.68 Å². The number of aromatic nitrogens is 5. The lowest BCUT2D eigenvalue weighted by atomic mass is 9.99. The van der Waals surface area contributed by atoms with E-state index in [-0.39, 0.29) is 5.82 Å². The van der Waals surface area contributed by atoms with E-state index in [4.69, 9.17) is 10.7 Å². The number of nitrogens with two attached hydrogens (primary N) is 1. The minimum Gasteiger partial charge on any atom is -0.383 e. The summed E-state index contributed by atoms with van der Waals surface area (Å²) in [5.41, 5.74) is 11.2. The summed E-state index contributed by atoms with van der Waals surface area (Å²) in [6.07, 6.45) is 7.30. The molecule has 3 aromatic heterocycles. The van der Waals surface area contributed by atoms with Crippen LogP contribution in [-0.2, 0) is 7.05 Å². The molecule has 29 heavy (non-hydrogen) atoms. The number of anilines is 2.